The summed E-state index contributed by atoms with van der Waals surface area (Å²) >= 11 is 3.27. The molecule has 112 valence electrons. The van der Waals surface area contributed by atoms with E-state index in [-0.39, 0.29) is 12.5 Å². The first-order valence-electron chi connectivity index (χ1n) is 6.87. The molecule has 4 nitrogen and oxygen atoms in total. The molecule has 0 spiro atoms. The van der Waals surface area contributed by atoms with Gasteiger partial charge in [0.2, 0.25) is 0 Å². The Labute approximate surface area is 131 Å². The molecule has 0 unspecified atom stereocenters. The summed E-state index contributed by atoms with van der Waals surface area (Å²) in [7, 11) is 0. The van der Waals surface area contributed by atoms with Gasteiger partial charge in [-0.3, -0.25) is 4.79 Å². The van der Waals surface area contributed by atoms with Crippen molar-refractivity contribution in [2.45, 2.75) is 18.4 Å². The molecule has 1 saturated heterocycles. The number of amides is 1. The van der Waals surface area contributed by atoms with E-state index >= 15 is 0 Å². The molecule has 0 saturated carbocycles. The van der Waals surface area contributed by atoms with E-state index in [0.717, 1.165) is 35.0 Å². The molecular weight excluding hydrogens is 306 g/mol. The summed E-state index contributed by atoms with van der Waals surface area (Å²) in [4.78, 5) is 14.0. The van der Waals surface area contributed by atoms with E-state index in [2.05, 4.69) is 5.32 Å². The second kappa shape index (κ2) is 6.25. The summed E-state index contributed by atoms with van der Waals surface area (Å²) in [6.07, 6.45) is 3.25. The zero-order valence-electron chi connectivity index (χ0n) is 11.5. The monoisotopic (exact) mass is 323 g/mol. The lowest BCUT2D eigenvalue weighted by Crippen LogP contribution is -2.53. The molecule has 6 heteroatoms. The van der Waals surface area contributed by atoms with Gasteiger partial charge in [0.15, 0.2) is 0 Å². The van der Waals surface area contributed by atoms with Crippen molar-refractivity contribution < 1.29 is 14.3 Å². The van der Waals surface area contributed by atoms with Crippen LogP contribution in [0.25, 0.3) is 10.6 Å². The first-order valence-corrected chi connectivity index (χ1v) is 8.84. The van der Waals surface area contributed by atoms with Crippen molar-refractivity contribution in [3.05, 3.63) is 35.4 Å². The summed E-state index contributed by atoms with van der Waals surface area (Å²) in [6, 6.07) is 7.40. The molecule has 0 atom stereocenters. The first-order chi connectivity index (χ1) is 10.2. The van der Waals surface area contributed by atoms with Gasteiger partial charge in [-0.25, -0.2) is 0 Å². The zero-order valence-corrected chi connectivity index (χ0v) is 13.1. The summed E-state index contributed by atoms with van der Waals surface area (Å²) in [5, 5.41) is 12.7. The molecule has 2 aromatic rings. The molecule has 3 heterocycles. The molecule has 0 bridgehead atoms. The molecule has 0 radical (unpaired) electrons. The molecule has 2 aromatic heterocycles. The van der Waals surface area contributed by atoms with Gasteiger partial charge in [0.05, 0.1) is 28.2 Å². The van der Waals surface area contributed by atoms with Crippen molar-refractivity contribution in [2.75, 3.05) is 18.1 Å². The van der Waals surface area contributed by atoms with Crippen molar-refractivity contribution in [3.63, 3.8) is 0 Å². The minimum atomic E-state index is -0.461. The molecule has 1 amide bonds. The van der Waals surface area contributed by atoms with Crippen LogP contribution in [0.1, 0.15) is 22.5 Å². The number of nitrogens with one attached hydrogen (secondary N) is 1. The van der Waals surface area contributed by atoms with E-state index in [1.807, 2.05) is 30.0 Å². The molecule has 0 aromatic carbocycles. The minimum Gasteiger partial charge on any atom is -0.464 e. The number of thioether (sulfide) groups is 1. The number of hydrogen-bond donors (Lipinski definition) is 2. The molecule has 3 rings (SSSR count). The maximum atomic E-state index is 12.4. The number of rotatable bonds is 4. The largest absolute Gasteiger partial charge is 0.464 e. The van der Waals surface area contributed by atoms with Crippen LogP contribution in [0.15, 0.2) is 34.9 Å². The van der Waals surface area contributed by atoms with Crippen LogP contribution in [0, 0.1) is 0 Å². The Kier molecular flexibility index (Phi) is 4.37. The van der Waals surface area contributed by atoms with E-state index in [9.17, 15) is 9.90 Å². The highest BCUT2D eigenvalue weighted by Gasteiger charge is 2.33. The van der Waals surface area contributed by atoms with Crippen LogP contribution >= 0.6 is 23.1 Å². The lowest BCUT2D eigenvalue weighted by molar-refractivity contribution is 0.0821. The number of furan rings is 1. The van der Waals surface area contributed by atoms with Crippen LogP contribution in [0.2, 0.25) is 0 Å². The van der Waals surface area contributed by atoms with Crippen LogP contribution in [0.3, 0.4) is 0 Å². The van der Waals surface area contributed by atoms with Gasteiger partial charge in [-0.1, -0.05) is 0 Å². The predicted octanol–water partition coefficient (Wildman–Crippen LogP) is 3.00. The topological polar surface area (TPSA) is 62.5 Å². The Morgan fingerprint density at radius 1 is 1.33 bits per heavy atom. The van der Waals surface area contributed by atoms with E-state index in [4.69, 9.17) is 4.42 Å². The molecule has 1 aliphatic heterocycles. The highest BCUT2D eigenvalue weighted by atomic mass is 32.2. The summed E-state index contributed by atoms with van der Waals surface area (Å²) < 4.78 is 5.34. The van der Waals surface area contributed by atoms with E-state index < -0.39 is 5.54 Å². The van der Waals surface area contributed by atoms with Gasteiger partial charge in [-0.2, -0.15) is 11.8 Å². The third-order valence-corrected chi connectivity index (χ3v) is 5.81. The highest BCUT2D eigenvalue weighted by molar-refractivity contribution is 7.99. The smallest absolute Gasteiger partial charge is 0.261 e. The average Bonchev–Trinajstić information content (AvgIpc) is 3.19. The SMILES string of the molecule is O=C(NC1(CO)CCSCC1)c1ccc(-c2ccco2)s1. The lowest BCUT2D eigenvalue weighted by atomic mass is 9.93. The minimum absolute atomic E-state index is 0.00425. The third kappa shape index (κ3) is 3.17. The number of aliphatic hydroxyl groups excluding tert-OH is 1. The summed E-state index contributed by atoms with van der Waals surface area (Å²) in [5.74, 6) is 2.61. The first kappa shape index (κ1) is 14.7. The Balaban J connectivity index is 1.73. The Hall–Kier alpha value is -1.24. The maximum absolute atomic E-state index is 12.4. The Bertz CT molecular complexity index is 600. The van der Waals surface area contributed by atoms with Crippen molar-refractivity contribution in [2.24, 2.45) is 0 Å². The maximum Gasteiger partial charge on any atom is 0.261 e. The molecule has 21 heavy (non-hydrogen) atoms. The van der Waals surface area contributed by atoms with E-state index in [1.54, 1.807) is 12.3 Å². The quantitative estimate of drug-likeness (QED) is 0.908. The van der Waals surface area contributed by atoms with Gasteiger partial charge in [-0.15, -0.1) is 11.3 Å². The van der Waals surface area contributed by atoms with Gasteiger partial charge in [0.1, 0.15) is 5.76 Å². The third-order valence-electron chi connectivity index (χ3n) is 3.73. The number of carbonyl (C=O) groups is 1. The van der Waals surface area contributed by atoms with Crippen LogP contribution in [0.4, 0.5) is 0 Å². The number of carbonyl (C=O) groups excluding carboxylic acids is 1. The highest BCUT2D eigenvalue weighted by Crippen LogP contribution is 2.30. The number of aliphatic hydroxyl groups is 1. The Morgan fingerprint density at radius 2 is 2.14 bits per heavy atom. The van der Waals surface area contributed by atoms with Crippen molar-refractivity contribution in [1.29, 1.82) is 0 Å². The zero-order chi connectivity index (χ0) is 14.7. The van der Waals surface area contributed by atoms with Crippen LogP contribution in [0.5, 0.6) is 0 Å². The standard InChI is InChI=1S/C15H17NO3S2/c17-10-15(5-8-20-9-6-15)16-14(18)13-4-3-12(21-13)11-2-1-7-19-11/h1-4,7,17H,5-6,8-10H2,(H,16,18). The lowest BCUT2D eigenvalue weighted by Gasteiger charge is -2.36. The molecule has 2 N–H and O–H groups in total. The van der Waals surface area contributed by atoms with Crippen LogP contribution in [-0.2, 0) is 0 Å². The molecule has 0 aliphatic carbocycles. The van der Waals surface area contributed by atoms with Crippen molar-refractivity contribution in [3.8, 4) is 10.6 Å². The average molecular weight is 323 g/mol. The van der Waals surface area contributed by atoms with Gasteiger partial charge in [0, 0.05) is 0 Å². The second-order valence-electron chi connectivity index (χ2n) is 5.15. The van der Waals surface area contributed by atoms with Gasteiger partial charge < -0.3 is 14.8 Å². The van der Waals surface area contributed by atoms with E-state index in [1.165, 1.54) is 11.3 Å². The van der Waals surface area contributed by atoms with Gasteiger partial charge in [0.25, 0.3) is 5.91 Å². The fourth-order valence-electron chi connectivity index (χ4n) is 2.40. The fourth-order valence-corrected chi connectivity index (χ4v) is 4.54. The second-order valence-corrected chi connectivity index (χ2v) is 7.45. The van der Waals surface area contributed by atoms with Crippen LogP contribution < -0.4 is 5.32 Å². The number of thiophene rings is 1. The molecule has 1 fully saturated rings. The molecular formula is C15H17NO3S2. The van der Waals surface area contributed by atoms with Crippen LogP contribution in [-0.4, -0.2) is 34.7 Å². The van der Waals surface area contributed by atoms with Crippen molar-refractivity contribution in [1.82, 2.24) is 5.32 Å². The van der Waals surface area contributed by atoms with Gasteiger partial charge >= 0.3 is 0 Å². The summed E-state index contributed by atoms with van der Waals surface area (Å²) in [5.41, 5.74) is -0.461. The van der Waals surface area contributed by atoms with E-state index in [0.29, 0.717) is 4.88 Å². The number of hydrogen-bond acceptors (Lipinski definition) is 5. The normalized spacial score (nSPS) is 17.6. The fraction of sp³-hybridized carbons (Fsp3) is 0.400. The van der Waals surface area contributed by atoms with Gasteiger partial charge in [-0.05, 0) is 48.6 Å². The van der Waals surface area contributed by atoms with Crippen molar-refractivity contribution >= 4 is 29.0 Å². The predicted molar refractivity (Wildman–Crippen MR) is 85.9 cm³/mol. The summed E-state index contributed by atoms with van der Waals surface area (Å²) in [6.45, 7) is -0.00425. The molecule has 1 aliphatic rings. The Morgan fingerprint density at radius 3 is 2.81 bits per heavy atom.